The molecule has 1 aromatic rings. The molecule has 1 aromatic carbocycles. The summed E-state index contributed by atoms with van der Waals surface area (Å²) in [5, 5.41) is 0. The average molecular weight is 320 g/mol. The van der Waals surface area contributed by atoms with Crippen LogP contribution in [0.2, 0.25) is 0 Å². The van der Waals surface area contributed by atoms with Crippen LogP contribution in [0, 0.1) is 9.39 Å². The molecule has 0 unspecified atom stereocenters. The van der Waals surface area contributed by atoms with Gasteiger partial charge in [0.05, 0.1) is 10.7 Å². The zero-order chi connectivity index (χ0) is 10.9. The third-order valence-electron chi connectivity index (χ3n) is 1.52. The van der Waals surface area contributed by atoms with Gasteiger partial charge in [0.15, 0.2) is 0 Å². The van der Waals surface area contributed by atoms with Gasteiger partial charge < -0.3 is 4.74 Å². The molecule has 0 aromatic heterocycles. The van der Waals surface area contributed by atoms with Crippen LogP contribution in [-0.2, 0) is 6.18 Å². The predicted molar refractivity (Wildman–Crippen MR) is 50.7 cm³/mol. The Morgan fingerprint density at radius 3 is 2.29 bits per heavy atom. The fraction of sp³-hybridized carbons (Fsp3) is 0.250. The minimum atomic E-state index is -4.60. The molecule has 78 valence electrons. The summed E-state index contributed by atoms with van der Waals surface area (Å²) in [5.41, 5.74) is -1.09. The summed E-state index contributed by atoms with van der Waals surface area (Å²) in [4.78, 5) is 0. The van der Waals surface area contributed by atoms with Crippen LogP contribution in [0.5, 0.6) is 5.75 Å². The number of hydrogen-bond donors (Lipinski definition) is 0. The van der Waals surface area contributed by atoms with Crippen molar-refractivity contribution in [1.29, 1.82) is 0 Å². The van der Waals surface area contributed by atoms with E-state index < -0.39 is 17.6 Å². The lowest BCUT2D eigenvalue weighted by molar-refractivity contribution is -0.139. The zero-order valence-corrected chi connectivity index (χ0v) is 9.11. The van der Waals surface area contributed by atoms with Crippen molar-refractivity contribution in [2.24, 2.45) is 0 Å². The Bertz CT molecular complexity index is 348. The summed E-state index contributed by atoms with van der Waals surface area (Å²) in [7, 11) is 1.12. The molecule has 0 atom stereocenters. The quantitative estimate of drug-likeness (QED) is 0.569. The van der Waals surface area contributed by atoms with Crippen molar-refractivity contribution in [1.82, 2.24) is 0 Å². The Morgan fingerprint density at radius 1 is 1.29 bits per heavy atom. The first-order valence-electron chi connectivity index (χ1n) is 3.46. The molecule has 0 saturated heterocycles. The van der Waals surface area contributed by atoms with Gasteiger partial charge in [-0.25, -0.2) is 4.39 Å². The van der Waals surface area contributed by atoms with Crippen LogP contribution >= 0.6 is 22.6 Å². The molecule has 0 aliphatic carbocycles. The maximum absolute atomic E-state index is 12.7. The van der Waals surface area contributed by atoms with E-state index in [1.54, 1.807) is 22.6 Å². The minimum Gasteiger partial charge on any atom is -0.495 e. The molecule has 6 heteroatoms. The van der Waals surface area contributed by atoms with E-state index in [0.717, 1.165) is 13.2 Å². The van der Waals surface area contributed by atoms with Gasteiger partial charge in [-0.05, 0) is 34.7 Å². The lowest BCUT2D eigenvalue weighted by Gasteiger charge is -2.13. The Labute approximate surface area is 91.2 Å². The maximum Gasteiger partial charge on any atom is 0.420 e. The van der Waals surface area contributed by atoms with Gasteiger partial charge in [-0.15, -0.1) is 0 Å². The van der Waals surface area contributed by atoms with E-state index in [1.807, 2.05) is 0 Å². The molecule has 0 heterocycles. The van der Waals surface area contributed by atoms with E-state index in [1.165, 1.54) is 0 Å². The number of methoxy groups -OCH3 is 1. The fourth-order valence-electron chi connectivity index (χ4n) is 0.978. The number of halogens is 5. The van der Waals surface area contributed by atoms with Gasteiger partial charge in [-0.1, -0.05) is 0 Å². The van der Waals surface area contributed by atoms with Crippen LogP contribution in [0.15, 0.2) is 12.1 Å². The average Bonchev–Trinajstić information content (AvgIpc) is 2.01. The number of alkyl halides is 3. The molecule has 0 fully saturated rings. The summed E-state index contributed by atoms with van der Waals surface area (Å²) >= 11 is 1.59. The second kappa shape index (κ2) is 3.92. The van der Waals surface area contributed by atoms with Gasteiger partial charge in [-0.3, -0.25) is 0 Å². The summed E-state index contributed by atoms with van der Waals surface area (Å²) < 4.78 is 54.4. The fourth-order valence-corrected chi connectivity index (χ4v) is 1.79. The Kier molecular flexibility index (Phi) is 3.23. The Balaban J connectivity index is 3.40. The molecular weight excluding hydrogens is 315 g/mol. The van der Waals surface area contributed by atoms with E-state index in [4.69, 9.17) is 0 Å². The molecule has 0 amide bonds. The van der Waals surface area contributed by atoms with Crippen molar-refractivity contribution < 1.29 is 22.3 Å². The van der Waals surface area contributed by atoms with Crippen LogP contribution in [0.3, 0.4) is 0 Å². The third-order valence-corrected chi connectivity index (χ3v) is 2.32. The molecule has 1 nitrogen and oxygen atoms in total. The largest absolute Gasteiger partial charge is 0.495 e. The molecule has 0 saturated carbocycles. The third kappa shape index (κ3) is 2.28. The van der Waals surface area contributed by atoms with Crippen LogP contribution in [0.4, 0.5) is 17.6 Å². The van der Waals surface area contributed by atoms with E-state index in [0.29, 0.717) is 6.07 Å². The molecule has 0 bridgehead atoms. The van der Waals surface area contributed by atoms with Crippen molar-refractivity contribution in [2.45, 2.75) is 6.18 Å². The van der Waals surface area contributed by atoms with Crippen molar-refractivity contribution >= 4 is 22.6 Å². The van der Waals surface area contributed by atoms with E-state index in [2.05, 4.69) is 4.74 Å². The van der Waals surface area contributed by atoms with Crippen molar-refractivity contribution in [2.75, 3.05) is 7.11 Å². The highest BCUT2D eigenvalue weighted by Gasteiger charge is 2.35. The van der Waals surface area contributed by atoms with Crippen molar-refractivity contribution in [3.63, 3.8) is 0 Å². The van der Waals surface area contributed by atoms with Crippen molar-refractivity contribution in [3.8, 4) is 5.75 Å². The van der Waals surface area contributed by atoms with Gasteiger partial charge in [0.2, 0.25) is 0 Å². The van der Waals surface area contributed by atoms with Crippen molar-refractivity contribution in [3.05, 3.63) is 27.1 Å². The van der Waals surface area contributed by atoms with Crippen LogP contribution in [0.1, 0.15) is 5.56 Å². The standard InChI is InChI=1S/C8H5F4IO/c1-14-7-5(8(10,11)12)2-4(9)3-6(7)13/h2-3H,1H3. The van der Waals surface area contributed by atoms with Crippen LogP contribution in [0.25, 0.3) is 0 Å². The summed E-state index contributed by atoms with van der Waals surface area (Å²) in [6, 6.07) is 1.40. The monoisotopic (exact) mass is 320 g/mol. The Morgan fingerprint density at radius 2 is 1.86 bits per heavy atom. The van der Waals surface area contributed by atoms with E-state index in [-0.39, 0.29) is 9.32 Å². The summed E-state index contributed by atoms with van der Waals surface area (Å²) in [6.07, 6.45) is -4.60. The zero-order valence-electron chi connectivity index (χ0n) is 6.95. The number of rotatable bonds is 1. The molecule has 0 aliphatic heterocycles. The topological polar surface area (TPSA) is 9.23 Å². The molecule has 0 N–H and O–H groups in total. The number of ether oxygens (including phenoxy) is 1. The minimum absolute atomic E-state index is 0.0948. The van der Waals surface area contributed by atoms with Gasteiger partial charge >= 0.3 is 6.18 Å². The first-order chi connectivity index (χ1) is 6.36. The van der Waals surface area contributed by atoms with E-state index >= 15 is 0 Å². The number of hydrogen-bond acceptors (Lipinski definition) is 1. The SMILES string of the molecule is COc1c(I)cc(F)cc1C(F)(F)F. The molecule has 0 aliphatic rings. The first kappa shape index (κ1) is 11.5. The summed E-state index contributed by atoms with van der Waals surface area (Å²) in [5.74, 6) is -1.28. The molecule has 1 rings (SSSR count). The normalized spacial score (nSPS) is 11.6. The number of benzene rings is 1. The van der Waals surface area contributed by atoms with E-state index in [9.17, 15) is 17.6 Å². The van der Waals surface area contributed by atoms with Gasteiger partial charge in [0.1, 0.15) is 17.1 Å². The second-order valence-electron chi connectivity index (χ2n) is 2.47. The van der Waals surface area contributed by atoms with Gasteiger partial charge in [0.25, 0.3) is 0 Å². The highest BCUT2D eigenvalue weighted by atomic mass is 127. The highest BCUT2D eigenvalue weighted by molar-refractivity contribution is 14.1. The van der Waals surface area contributed by atoms with Crippen LogP contribution < -0.4 is 4.74 Å². The van der Waals surface area contributed by atoms with Gasteiger partial charge in [0, 0.05) is 0 Å². The lowest BCUT2D eigenvalue weighted by atomic mass is 10.2. The second-order valence-corrected chi connectivity index (χ2v) is 3.63. The molecule has 0 radical (unpaired) electrons. The molecule has 14 heavy (non-hydrogen) atoms. The summed E-state index contributed by atoms with van der Waals surface area (Å²) in [6.45, 7) is 0. The first-order valence-corrected chi connectivity index (χ1v) is 4.54. The predicted octanol–water partition coefficient (Wildman–Crippen LogP) is 3.46. The molecular formula is C8H5F4IO. The lowest BCUT2D eigenvalue weighted by Crippen LogP contribution is -2.09. The van der Waals surface area contributed by atoms with Crippen LogP contribution in [-0.4, -0.2) is 7.11 Å². The van der Waals surface area contributed by atoms with Gasteiger partial charge in [-0.2, -0.15) is 13.2 Å². The smallest absolute Gasteiger partial charge is 0.420 e. The molecule has 0 spiro atoms. The highest BCUT2D eigenvalue weighted by Crippen LogP contribution is 2.39. The maximum atomic E-state index is 12.7. The Hall–Kier alpha value is -0.530.